The van der Waals surface area contributed by atoms with E-state index in [1.165, 1.54) is 0 Å². The van der Waals surface area contributed by atoms with Gasteiger partial charge in [-0.1, -0.05) is 68.3 Å². The van der Waals surface area contributed by atoms with Gasteiger partial charge in [0.1, 0.15) is 11.5 Å². The fourth-order valence-electron chi connectivity index (χ4n) is 2.74. The quantitative estimate of drug-likeness (QED) is 0.218. The summed E-state index contributed by atoms with van der Waals surface area (Å²) in [6.45, 7) is 10.0. The lowest BCUT2D eigenvalue weighted by atomic mass is 9.87. The number of aryl methyl sites for hydroxylation is 2. The molecular formula is C25H27O6P. The lowest BCUT2D eigenvalue weighted by molar-refractivity contribution is -0.163. The lowest BCUT2D eigenvalue weighted by Gasteiger charge is -2.19. The van der Waals surface area contributed by atoms with E-state index in [0.717, 1.165) is 16.7 Å². The minimum absolute atomic E-state index is 0.0571. The Bertz CT molecular complexity index is 1050. The Morgan fingerprint density at radius 1 is 0.719 bits per heavy atom. The summed E-state index contributed by atoms with van der Waals surface area (Å²) in [4.78, 5) is 17.3. The maximum Gasteiger partial charge on any atom is 0.625 e. The van der Waals surface area contributed by atoms with Crippen molar-refractivity contribution in [2.75, 3.05) is 0 Å². The van der Waals surface area contributed by atoms with Gasteiger partial charge in [-0.2, -0.15) is 0 Å². The summed E-state index contributed by atoms with van der Waals surface area (Å²) in [6, 6.07) is 20.5. The minimum atomic E-state index is -4.35. The predicted octanol–water partition coefficient (Wildman–Crippen LogP) is 6.96. The molecule has 0 amide bonds. The molecule has 32 heavy (non-hydrogen) atoms. The lowest BCUT2D eigenvalue weighted by Crippen LogP contribution is -2.13. The number of carbonyl (C=O) groups is 1. The third-order valence-corrected chi connectivity index (χ3v) is 5.79. The fraction of sp³-hybridized carbons (Fsp3) is 0.240. The number of phosphoric acid groups is 1. The van der Waals surface area contributed by atoms with Crippen molar-refractivity contribution in [1.82, 2.24) is 0 Å². The van der Waals surface area contributed by atoms with E-state index >= 15 is 0 Å². The van der Waals surface area contributed by atoms with E-state index in [9.17, 15) is 9.36 Å². The van der Waals surface area contributed by atoms with Crippen LogP contribution < -0.4 is 9.05 Å². The van der Waals surface area contributed by atoms with Crippen LogP contribution in [0.15, 0.2) is 72.8 Å². The first kappa shape index (κ1) is 23.6. The largest absolute Gasteiger partial charge is 0.625 e. The maximum atomic E-state index is 13.3. The predicted molar refractivity (Wildman–Crippen MR) is 123 cm³/mol. The standard InChI is InChI=1S/C25H27O6P/c1-18-6-14-22(15-7-18)29-32(27,30-23-16-8-19(2)9-17-23)31-28-24(26)20-10-12-21(13-11-20)25(3,4)5/h6-17H,1-5H3. The Morgan fingerprint density at radius 2 is 1.16 bits per heavy atom. The second kappa shape index (κ2) is 9.60. The highest BCUT2D eigenvalue weighted by Gasteiger charge is 2.35. The van der Waals surface area contributed by atoms with Gasteiger partial charge in [-0.3, -0.25) is 4.89 Å². The number of hydrogen-bond acceptors (Lipinski definition) is 6. The monoisotopic (exact) mass is 454 g/mol. The second-order valence-corrected chi connectivity index (χ2v) is 9.94. The Balaban J connectivity index is 1.76. The maximum absolute atomic E-state index is 13.3. The smallest absolute Gasteiger partial charge is 0.393 e. The van der Waals surface area contributed by atoms with Crippen LogP contribution in [0.4, 0.5) is 0 Å². The van der Waals surface area contributed by atoms with Crippen molar-refractivity contribution < 1.29 is 28.0 Å². The average Bonchev–Trinajstić information content (AvgIpc) is 2.75. The molecule has 6 nitrogen and oxygen atoms in total. The second-order valence-electron chi connectivity index (χ2n) is 8.53. The molecule has 0 unspecified atom stereocenters. The van der Waals surface area contributed by atoms with Crippen LogP contribution in [0.1, 0.15) is 47.8 Å². The normalized spacial score (nSPS) is 11.7. The van der Waals surface area contributed by atoms with E-state index in [2.05, 4.69) is 20.8 Å². The number of hydrogen-bond donors (Lipinski definition) is 0. The van der Waals surface area contributed by atoms with Crippen molar-refractivity contribution in [2.24, 2.45) is 0 Å². The van der Waals surface area contributed by atoms with Crippen LogP contribution in [0.2, 0.25) is 0 Å². The third kappa shape index (κ3) is 6.46. The molecule has 0 aliphatic heterocycles. The van der Waals surface area contributed by atoms with Crippen LogP contribution in [-0.2, 0) is 19.5 Å². The molecule has 0 N–H and O–H groups in total. The van der Waals surface area contributed by atoms with E-state index in [4.69, 9.17) is 18.6 Å². The molecule has 0 aromatic heterocycles. The fourth-order valence-corrected chi connectivity index (χ4v) is 3.76. The molecular weight excluding hydrogens is 427 g/mol. The van der Waals surface area contributed by atoms with Gasteiger partial charge in [0.15, 0.2) is 0 Å². The minimum Gasteiger partial charge on any atom is -0.393 e. The molecule has 0 aliphatic rings. The summed E-state index contributed by atoms with van der Waals surface area (Å²) in [6.07, 6.45) is 0. The Labute approximate surface area is 188 Å². The van der Waals surface area contributed by atoms with Crippen LogP contribution in [-0.4, -0.2) is 5.97 Å². The molecule has 0 saturated heterocycles. The van der Waals surface area contributed by atoms with Gasteiger partial charge in [0.05, 0.1) is 5.56 Å². The average molecular weight is 454 g/mol. The van der Waals surface area contributed by atoms with E-state index in [1.807, 2.05) is 26.0 Å². The van der Waals surface area contributed by atoms with Crippen molar-refractivity contribution in [2.45, 2.75) is 40.0 Å². The van der Waals surface area contributed by atoms with Gasteiger partial charge in [-0.15, -0.1) is 0 Å². The van der Waals surface area contributed by atoms with Crippen LogP contribution >= 0.6 is 7.82 Å². The van der Waals surface area contributed by atoms with Crippen LogP contribution in [0.25, 0.3) is 0 Å². The van der Waals surface area contributed by atoms with Crippen molar-refractivity contribution in [3.05, 3.63) is 95.1 Å². The van der Waals surface area contributed by atoms with Gasteiger partial charge in [-0.05, 0) is 65.9 Å². The topological polar surface area (TPSA) is 71.1 Å². The highest BCUT2D eigenvalue weighted by atomic mass is 31.2. The zero-order valence-corrected chi connectivity index (χ0v) is 19.7. The summed E-state index contributed by atoms with van der Waals surface area (Å²) < 4.78 is 29.2. The van der Waals surface area contributed by atoms with Crippen LogP contribution in [0.3, 0.4) is 0 Å². The molecule has 0 heterocycles. The van der Waals surface area contributed by atoms with Gasteiger partial charge in [0.25, 0.3) is 0 Å². The number of benzene rings is 3. The van der Waals surface area contributed by atoms with Gasteiger partial charge in [-0.25, -0.2) is 9.36 Å². The van der Waals surface area contributed by atoms with E-state index in [1.54, 1.807) is 60.7 Å². The SMILES string of the molecule is Cc1ccc(OP(=O)(OOC(=O)c2ccc(C(C)(C)C)cc2)Oc2ccc(C)cc2)cc1. The first-order valence-corrected chi connectivity index (χ1v) is 11.6. The molecule has 168 valence electrons. The van der Waals surface area contributed by atoms with Gasteiger partial charge < -0.3 is 9.05 Å². The zero-order chi connectivity index (χ0) is 23.4. The highest BCUT2D eigenvalue weighted by Crippen LogP contribution is 2.50. The summed E-state index contributed by atoms with van der Waals surface area (Å²) in [7, 11) is -4.35. The molecule has 3 aromatic rings. The van der Waals surface area contributed by atoms with Crippen molar-refractivity contribution >= 4 is 13.8 Å². The molecule has 3 aromatic carbocycles. The number of rotatable bonds is 7. The number of phosphoric ester groups is 1. The molecule has 0 atom stereocenters. The molecule has 0 bridgehead atoms. The van der Waals surface area contributed by atoms with Crippen molar-refractivity contribution in [1.29, 1.82) is 0 Å². The molecule has 3 rings (SSSR count). The molecule has 0 spiro atoms. The van der Waals surface area contributed by atoms with Crippen LogP contribution in [0, 0.1) is 13.8 Å². The Kier molecular flexibility index (Phi) is 7.07. The molecule has 0 saturated carbocycles. The molecule has 7 heteroatoms. The zero-order valence-electron chi connectivity index (χ0n) is 18.8. The first-order chi connectivity index (χ1) is 15.0. The van der Waals surface area contributed by atoms with Crippen LogP contribution in [0.5, 0.6) is 11.5 Å². The first-order valence-electron chi connectivity index (χ1n) is 10.2. The van der Waals surface area contributed by atoms with Gasteiger partial charge in [0, 0.05) is 0 Å². The third-order valence-electron chi connectivity index (χ3n) is 4.67. The van der Waals surface area contributed by atoms with Gasteiger partial charge in [0.2, 0.25) is 0 Å². The Hall–Kier alpha value is -3.08. The summed E-state index contributed by atoms with van der Waals surface area (Å²) >= 11 is 0. The van der Waals surface area contributed by atoms with E-state index in [0.29, 0.717) is 0 Å². The summed E-state index contributed by atoms with van der Waals surface area (Å²) in [5.74, 6) is -0.320. The summed E-state index contributed by atoms with van der Waals surface area (Å²) in [5.41, 5.74) is 3.25. The van der Waals surface area contributed by atoms with Crippen molar-refractivity contribution in [3.8, 4) is 11.5 Å². The molecule has 0 aliphatic carbocycles. The highest BCUT2D eigenvalue weighted by molar-refractivity contribution is 7.49. The van der Waals surface area contributed by atoms with Gasteiger partial charge >= 0.3 is 13.8 Å². The molecule has 0 radical (unpaired) electrons. The van der Waals surface area contributed by atoms with Crippen molar-refractivity contribution in [3.63, 3.8) is 0 Å². The van der Waals surface area contributed by atoms with E-state index < -0.39 is 13.8 Å². The number of carbonyl (C=O) groups excluding carboxylic acids is 1. The van der Waals surface area contributed by atoms with E-state index in [-0.39, 0.29) is 22.5 Å². The summed E-state index contributed by atoms with van der Waals surface area (Å²) in [5, 5.41) is 0. The molecule has 0 fully saturated rings. The Morgan fingerprint density at radius 3 is 1.56 bits per heavy atom.